The van der Waals surface area contributed by atoms with Crippen molar-refractivity contribution in [3.63, 3.8) is 0 Å². The lowest BCUT2D eigenvalue weighted by Crippen LogP contribution is -2.10. The largest absolute Gasteiger partial charge is 0.494 e. The number of ether oxygens (including phenoxy) is 3. The van der Waals surface area contributed by atoms with Gasteiger partial charge in [-0.05, 0) is 145 Å². The number of para-hydroxylation sites is 1. The first-order valence-electron chi connectivity index (χ1n) is 20.2. The van der Waals surface area contributed by atoms with Crippen LogP contribution in [0.5, 0.6) is 11.5 Å². The van der Waals surface area contributed by atoms with Crippen molar-refractivity contribution in [2.45, 2.75) is 59.3 Å². The monoisotopic (exact) mass is 758 g/mol. The molecule has 0 heterocycles. The summed E-state index contributed by atoms with van der Waals surface area (Å²) in [6, 6.07) is 50.8. The Bertz CT molecular complexity index is 2180. The fourth-order valence-corrected chi connectivity index (χ4v) is 6.62. The predicted molar refractivity (Wildman–Crippen MR) is 237 cm³/mol. The molecule has 0 aromatic heterocycles. The van der Waals surface area contributed by atoms with Crippen molar-refractivity contribution in [2.24, 2.45) is 0 Å². The van der Waals surface area contributed by atoms with E-state index in [4.69, 9.17) is 14.2 Å². The number of carbonyl (C=O) groups excluding carboxylic acids is 1. The van der Waals surface area contributed by atoms with Crippen LogP contribution < -0.4 is 19.7 Å². The highest BCUT2D eigenvalue weighted by molar-refractivity contribution is 5.90. The number of nitrogens with one attached hydrogen (secondary N) is 1. The van der Waals surface area contributed by atoms with Crippen molar-refractivity contribution in [3.8, 4) is 33.8 Å². The smallest absolute Gasteiger partial charge is 0.333 e. The number of aryl methyl sites for hydroxylation is 1. The van der Waals surface area contributed by atoms with Crippen LogP contribution in [0.4, 0.5) is 28.4 Å². The molecular weight excluding hydrogens is 705 g/mol. The quantitative estimate of drug-likeness (QED) is 0.0475. The summed E-state index contributed by atoms with van der Waals surface area (Å²) >= 11 is 0. The Balaban J connectivity index is 1.35. The van der Waals surface area contributed by atoms with Crippen molar-refractivity contribution in [3.05, 3.63) is 163 Å². The van der Waals surface area contributed by atoms with Crippen LogP contribution in [0.15, 0.2) is 158 Å². The molecular formula is C51H54N2O4. The lowest BCUT2D eigenvalue weighted by Gasteiger charge is -2.27. The topological polar surface area (TPSA) is 60.0 Å². The molecule has 292 valence electrons. The SMILES string of the molecule is C=C(C)C(=O)OCCCc1ccccc1-c1cc(N(c2ccccc2)c2ccc(OCCCC)cc2)ccc1-c1ccc(Nc2ccc(OCCCC)cc2)cc1. The van der Waals surface area contributed by atoms with E-state index in [0.717, 1.165) is 101 Å². The maximum Gasteiger partial charge on any atom is 0.333 e. The molecule has 57 heavy (non-hydrogen) atoms. The second kappa shape index (κ2) is 20.6. The Kier molecular flexibility index (Phi) is 14.6. The summed E-state index contributed by atoms with van der Waals surface area (Å²) in [4.78, 5) is 14.4. The van der Waals surface area contributed by atoms with Crippen molar-refractivity contribution >= 4 is 34.4 Å². The molecule has 0 aliphatic rings. The third kappa shape index (κ3) is 11.2. The predicted octanol–water partition coefficient (Wildman–Crippen LogP) is 13.6. The lowest BCUT2D eigenvalue weighted by molar-refractivity contribution is -0.139. The summed E-state index contributed by atoms with van der Waals surface area (Å²) in [6.07, 6.45) is 5.71. The van der Waals surface area contributed by atoms with Crippen LogP contribution in [0, 0.1) is 0 Å². The molecule has 0 amide bonds. The first-order chi connectivity index (χ1) is 27.9. The number of hydrogen-bond acceptors (Lipinski definition) is 6. The van der Waals surface area contributed by atoms with Crippen LogP contribution in [0.2, 0.25) is 0 Å². The van der Waals surface area contributed by atoms with Gasteiger partial charge in [0.15, 0.2) is 0 Å². The number of carbonyl (C=O) groups is 1. The average Bonchev–Trinajstić information content (AvgIpc) is 3.24. The molecule has 0 atom stereocenters. The van der Waals surface area contributed by atoms with Gasteiger partial charge in [0.25, 0.3) is 0 Å². The molecule has 0 aliphatic heterocycles. The first-order valence-corrected chi connectivity index (χ1v) is 20.2. The highest BCUT2D eigenvalue weighted by Crippen LogP contribution is 2.42. The number of nitrogens with zero attached hydrogens (tertiary/aromatic N) is 1. The van der Waals surface area contributed by atoms with E-state index in [1.54, 1.807) is 6.92 Å². The summed E-state index contributed by atoms with van der Waals surface area (Å²) in [5.41, 5.74) is 11.2. The Morgan fingerprint density at radius 1 is 0.579 bits per heavy atom. The summed E-state index contributed by atoms with van der Waals surface area (Å²) in [7, 11) is 0. The molecule has 6 rings (SSSR count). The normalized spacial score (nSPS) is 10.8. The zero-order chi connectivity index (χ0) is 39.8. The summed E-state index contributed by atoms with van der Waals surface area (Å²) in [5.74, 6) is 1.39. The van der Waals surface area contributed by atoms with E-state index in [1.165, 1.54) is 5.56 Å². The molecule has 0 unspecified atom stereocenters. The van der Waals surface area contributed by atoms with Gasteiger partial charge in [-0.3, -0.25) is 0 Å². The number of benzene rings is 6. The minimum absolute atomic E-state index is 0.329. The second-order valence-corrected chi connectivity index (χ2v) is 14.2. The standard InChI is InChI=1S/C51H54N2O4/c1-5-7-34-55-46-29-24-42(25-30-46)52-41-22-20-40(21-23-41)49-33-28-45(37-50(49)48-19-13-12-15-39(48)16-14-36-57-51(54)38(3)4)53(43-17-10-9-11-18-43)44-26-31-47(32-27-44)56-35-8-6-2/h9-13,15,17-33,37,52H,3,5-8,14,16,34-36H2,1-2,4H3. The first kappa shape index (κ1) is 40.4. The molecule has 6 nitrogen and oxygen atoms in total. The number of unbranched alkanes of at least 4 members (excludes halogenated alkanes) is 2. The van der Waals surface area contributed by atoms with Gasteiger partial charge < -0.3 is 24.4 Å². The van der Waals surface area contributed by atoms with Gasteiger partial charge in [-0.1, -0.05) is 93.9 Å². The third-order valence-electron chi connectivity index (χ3n) is 9.72. The molecule has 6 aromatic rings. The van der Waals surface area contributed by atoms with Crippen LogP contribution in [0.1, 0.15) is 58.4 Å². The third-order valence-corrected chi connectivity index (χ3v) is 9.72. The van der Waals surface area contributed by atoms with Gasteiger partial charge in [0.1, 0.15) is 11.5 Å². The highest BCUT2D eigenvalue weighted by Gasteiger charge is 2.18. The number of esters is 1. The van der Waals surface area contributed by atoms with Crippen LogP contribution in [0.3, 0.4) is 0 Å². The lowest BCUT2D eigenvalue weighted by atomic mass is 9.89. The molecule has 6 heteroatoms. The zero-order valence-electron chi connectivity index (χ0n) is 33.5. The van der Waals surface area contributed by atoms with Crippen LogP contribution in [-0.4, -0.2) is 25.8 Å². The number of hydrogen-bond donors (Lipinski definition) is 1. The van der Waals surface area contributed by atoms with Gasteiger partial charge in [-0.2, -0.15) is 0 Å². The Hall–Kier alpha value is -6.27. The molecule has 0 radical (unpaired) electrons. The summed E-state index contributed by atoms with van der Waals surface area (Å²) in [5, 5.41) is 3.54. The Morgan fingerprint density at radius 2 is 1.14 bits per heavy atom. The molecule has 0 aliphatic carbocycles. The maximum absolute atomic E-state index is 12.1. The molecule has 6 aromatic carbocycles. The highest BCUT2D eigenvalue weighted by atomic mass is 16.5. The zero-order valence-corrected chi connectivity index (χ0v) is 33.5. The van der Waals surface area contributed by atoms with Gasteiger partial charge in [0.2, 0.25) is 0 Å². The number of rotatable bonds is 20. The Labute approximate surface area is 338 Å². The van der Waals surface area contributed by atoms with Gasteiger partial charge in [0, 0.05) is 34.0 Å². The minimum atomic E-state index is -0.355. The average molecular weight is 759 g/mol. The van der Waals surface area contributed by atoms with E-state index < -0.39 is 0 Å². The van der Waals surface area contributed by atoms with E-state index in [-0.39, 0.29) is 5.97 Å². The van der Waals surface area contributed by atoms with Crippen molar-refractivity contribution < 1.29 is 19.0 Å². The van der Waals surface area contributed by atoms with Gasteiger partial charge in [0.05, 0.1) is 19.8 Å². The van der Waals surface area contributed by atoms with Crippen molar-refractivity contribution in [1.29, 1.82) is 0 Å². The summed E-state index contributed by atoms with van der Waals surface area (Å²) in [6.45, 7) is 11.5. The molecule has 0 fully saturated rings. The van der Waals surface area contributed by atoms with Crippen molar-refractivity contribution in [2.75, 3.05) is 30.0 Å². The fourth-order valence-electron chi connectivity index (χ4n) is 6.62. The van der Waals surface area contributed by atoms with Crippen LogP contribution >= 0.6 is 0 Å². The molecule has 0 saturated heterocycles. The van der Waals surface area contributed by atoms with Crippen LogP contribution in [-0.2, 0) is 16.0 Å². The second-order valence-electron chi connectivity index (χ2n) is 14.2. The molecule has 0 bridgehead atoms. The Morgan fingerprint density at radius 3 is 1.77 bits per heavy atom. The van der Waals surface area contributed by atoms with Gasteiger partial charge in [-0.25, -0.2) is 4.79 Å². The molecule has 0 saturated carbocycles. The van der Waals surface area contributed by atoms with E-state index >= 15 is 0 Å². The summed E-state index contributed by atoms with van der Waals surface area (Å²) < 4.78 is 17.3. The van der Waals surface area contributed by atoms with E-state index in [0.29, 0.717) is 25.2 Å². The van der Waals surface area contributed by atoms with Crippen molar-refractivity contribution in [1.82, 2.24) is 0 Å². The maximum atomic E-state index is 12.1. The van der Waals surface area contributed by atoms with E-state index in [1.807, 2.05) is 30.3 Å². The van der Waals surface area contributed by atoms with Crippen LogP contribution in [0.25, 0.3) is 22.3 Å². The molecule has 0 spiro atoms. The fraction of sp³-hybridized carbons (Fsp3) is 0.235. The molecule has 1 N–H and O–H groups in total. The number of anilines is 5. The minimum Gasteiger partial charge on any atom is -0.494 e. The van der Waals surface area contributed by atoms with Gasteiger partial charge in [-0.15, -0.1) is 0 Å². The van der Waals surface area contributed by atoms with E-state index in [2.05, 4.69) is 146 Å². The van der Waals surface area contributed by atoms with Gasteiger partial charge >= 0.3 is 5.97 Å². The van der Waals surface area contributed by atoms with E-state index in [9.17, 15) is 4.79 Å².